The lowest BCUT2D eigenvalue weighted by atomic mass is 10.0. The molecule has 0 saturated heterocycles. The minimum Gasteiger partial charge on any atom is -0.335 e. The number of hydrogen-bond donors (Lipinski definition) is 3. The number of rotatable bonds is 3. The van der Waals surface area contributed by atoms with Crippen molar-refractivity contribution in [1.82, 2.24) is 20.5 Å². The number of carbonyl (C=O) groups is 1. The van der Waals surface area contributed by atoms with Crippen LogP contribution in [0.2, 0.25) is 0 Å². The molecular weight excluding hydrogens is 302 g/mol. The molecule has 0 bridgehead atoms. The summed E-state index contributed by atoms with van der Waals surface area (Å²) in [6.45, 7) is 0. The van der Waals surface area contributed by atoms with Gasteiger partial charge in [0.2, 0.25) is 0 Å². The number of hydrogen-bond acceptors (Lipinski definition) is 3. The molecule has 3 aromatic rings. The molecule has 0 radical (unpaired) electrons. The molecule has 1 aliphatic rings. The summed E-state index contributed by atoms with van der Waals surface area (Å²) in [5.74, 6) is 0.425. The van der Waals surface area contributed by atoms with E-state index < -0.39 is 0 Å². The number of nitrogens with zero attached hydrogens (tertiary/aromatic N) is 2. The highest BCUT2D eigenvalue weighted by atomic mass is 16.2. The summed E-state index contributed by atoms with van der Waals surface area (Å²) >= 11 is 0. The molecule has 0 spiro atoms. The van der Waals surface area contributed by atoms with Crippen molar-refractivity contribution in [2.45, 2.75) is 31.2 Å². The minimum absolute atomic E-state index is 0.171. The van der Waals surface area contributed by atoms with Gasteiger partial charge in [0, 0.05) is 29.2 Å². The van der Waals surface area contributed by atoms with Crippen molar-refractivity contribution >= 4 is 22.6 Å². The molecule has 2 heterocycles. The lowest BCUT2D eigenvalue weighted by Gasteiger charge is -2.14. The number of nitrogens with one attached hydrogen (secondary N) is 3. The molecule has 1 aromatic carbocycles. The van der Waals surface area contributed by atoms with E-state index in [2.05, 4.69) is 31.9 Å². The predicted octanol–water partition coefficient (Wildman–Crippen LogP) is 3.42. The Morgan fingerprint density at radius 2 is 2.12 bits per heavy atom. The van der Waals surface area contributed by atoms with Crippen molar-refractivity contribution in [1.29, 1.82) is 0 Å². The van der Waals surface area contributed by atoms with Gasteiger partial charge in [-0.15, -0.1) is 0 Å². The standard InChI is InChI=1S/C18H19N5O/c24-18(22-16-5-3-6-17-14(16)11-20-23-17)21-13-8-7-12(10-13)15-4-1-2-9-19-15/h1-6,9,11-13H,7-8,10H2,(H,20,23)(H2,21,22,24)/t12-,13-/m0/s1. The van der Waals surface area contributed by atoms with Gasteiger partial charge in [-0.25, -0.2) is 4.79 Å². The van der Waals surface area contributed by atoms with E-state index in [4.69, 9.17) is 0 Å². The van der Waals surface area contributed by atoms with Crippen LogP contribution in [0.1, 0.15) is 30.9 Å². The minimum atomic E-state index is -0.171. The van der Waals surface area contributed by atoms with Crippen LogP contribution in [0.25, 0.3) is 10.9 Å². The Kier molecular flexibility index (Phi) is 3.86. The zero-order valence-corrected chi connectivity index (χ0v) is 13.2. The van der Waals surface area contributed by atoms with Crippen molar-refractivity contribution < 1.29 is 4.79 Å². The first-order valence-electron chi connectivity index (χ1n) is 8.20. The van der Waals surface area contributed by atoms with E-state index in [0.717, 1.165) is 41.5 Å². The molecule has 24 heavy (non-hydrogen) atoms. The number of H-pyrrole nitrogens is 1. The maximum Gasteiger partial charge on any atom is 0.319 e. The Labute approximate surface area is 139 Å². The summed E-state index contributed by atoms with van der Waals surface area (Å²) in [4.78, 5) is 16.7. The topological polar surface area (TPSA) is 82.7 Å². The maximum atomic E-state index is 12.3. The van der Waals surface area contributed by atoms with Crippen LogP contribution in [0.4, 0.5) is 10.5 Å². The Morgan fingerprint density at radius 3 is 3.00 bits per heavy atom. The van der Waals surface area contributed by atoms with Crippen LogP contribution in [-0.2, 0) is 0 Å². The molecule has 0 unspecified atom stereocenters. The van der Waals surface area contributed by atoms with E-state index in [-0.39, 0.29) is 12.1 Å². The largest absolute Gasteiger partial charge is 0.335 e. The maximum absolute atomic E-state index is 12.3. The second kappa shape index (κ2) is 6.31. The molecule has 3 N–H and O–H groups in total. The SMILES string of the molecule is O=C(Nc1cccc2[nH]ncc12)N[C@H]1CC[C@H](c2ccccn2)C1. The fourth-order valence-corrected chi connectivity index (χ4v) is 3.42. The van der Waals surface area contributed by atoms with Gasteiger partial charge in [0.15, 0.2) is 0 Å². The van der Waals surface area contributed by atoms with Gasteiger partial charge < -0.3 is 10.6 Å². The lowest BCUT2D eigenvalue weighted by Crippen LogP contribution is -2.36. The Balaban J connectivity index is 1.38. The Morgan fingerprint density at radius 1 is 1.17 bits per heavy atom. The van der Waals surface area contributed by atoms with Crippen LogP contribution < -0.4 is 10.6 Å². The van der Waals surface area contributed by atoms with Gasteiger partial charge in [-0.2, -0.15) is 5.10 Å². The van der Waals surface area contributed by atoms with E-state index >= 15 is 0 Å². The van der Waals surface area contributed by atoms with Crippen LogP contribution in [0.15, 0.2) is 48.8 Å². The average Bonchev–Trinajstić information content (AvgIpc) is 3.25. The van der Waals surface area contributed by atoms with Gasteiger partial charge in [-0.1, -0.05) is 12.1 Å². The van der Waals surface area contributed by atoms with Crippen LogP contribution in [0, 0.1) is 0 Å². The van der Waals surface area contributed by atoms with Gasteiger partial charge in [0.1, 0.15) is 0 Å². The number of fused-ring (bicyclic) bond motifs is 1. The molecule has 2 atom stereocenters. The number of carbonyl (C=O) groups excluding carboxylic acids is 1. The molecule has 6 nitrogen and oxygen atoms in total. The highest BCUT2D eigenvalue weighted by molar-refractivity contribution is 6.00. The second-order valence-electron chi connectivity index (χ2n) is 6.20. The normalized spacial score (nSPS) is 20.2. The molecule has 1 aliphatic carbocycles. The molecule has 2 amide bonds. The number of benzene rings is 1. The third-order valence-electron chi connectivity index (χ3n) is 4.61. The third-order valence-corrected chi connectivity index (χ3v) is 4.61. The highest BCUT2D eigenvalue weighted by Gasteiger charge is 2.27. The lowest BCUT2D eigenvalue weighted by molar-refractivity contribution is 0.248. The third kappa shape index (κ3) is 2.95. The molecule has 4 rings (SSSR count). The van der Waals surface area contributed by atoms with Crippen LogP contribution in [0.3, 0.4) is 0 Å². The first-order chi connectivity index (χ1) is 11.8. The van der Waals surface area contributed by atoms with Crippen LogP contribution >= 0.6 is 0 Å². The average molecular weight is 321 g/mol. The summed E-state index contributed by atoms with van der Waals surface area (Å²) in [5, 5.41) is 13.8. The van der Waals surface area contributed by atoms with E-state index in [1.807, 2.05) is 36.5 Å². The molecule has 1 fully saturated rings. The van der Waals surface area contributed by atoms with E-state index in [1.165, 1.54) is 0 Å². The summed E-state index contributed by atoms with van der Waals surface area (Å²) in [5.41, 5.74) is 2.78. The monoisotopic (exact) mass is 321 g/mol. The smallest absolute Gasteiger partial charge is 0.319 e. The molecule has 0 aliphatic heterocycles. The number of aromatic amines is 1. The number of amides is 2. The van der Waals surface area contributed by atoms with E-state index in [9.17, 15) is 4.79 Å². The van der Waals surface area contributed by atoms with Crippen molar-refractivity contribution in [3.8, 4) is 0 Å². The quantitative estimate of drug-likeness (QED) is 0.691. The van der Waals surface area contributed by atoms with Gasteiger partial charge in [0.25, 0.3) is 0 Å². The molecule has 2 aromatic heterocycles. The summed E-state index contributed by atoms with van der Waals surface area (Å²) in [7, 11) is 0. The Bertz CT molecular complexity index is 845. The van der Waals surface area contributed by atoms with Crippen LogP contribution in [0.5, 0.6) is 0 Å². The zero-order chi connectivity index (χ0) is 16.4. The fraction of sp³-hybridized carbons (Fsp3) is 0.278. The number of aromatic nitrogens is 3. The second-order valence-corrected chi connectivity index (χ2v) is 6.20. The molecular formula is C18H19N5O. The fourth-order valence-electron chi connectivity index (χ4n) is 3.42. The summed E-state index contributed by atoms with van der Waals surface area (Å²) < 4.78 is 0. The van der Waals surface area contributed by atoms with Gasteiger partial charge in [0.05, 0.1) is 17.4 Å². The molecule has 1 saturated carbocycles. The van der Waals surface area contributed by atoms with Crippen molar-refractivity contribution in [3.63, 3.8) is 0 Å². The van der Waals surface area contributed by atoms with E-state index in [0.29, 0.717) is 5.92 Å². The van der Waals surface area contributed by atoms with Gasteiger partial charge in [-0.05, 0) is 43.5 Å². The van der Waals surface area contributed by atoms with Crippen molar-refractivity contribution in [2.24, 2.45) is 0 Å². The summed E-state index contributed by atoms with van der Waals surface area (Å²) in [6.07, 6.45) is 6.51. The van der Waals surface area contributed by atoms with E-state index in [1.54, 1.807) is 6.20 Å². The molecule has 6 heteroatoms. The van der Waals surface area contributed by atoms with Gasteiger partial charge >= 0.3 is 6.03 Å². The highest BCUT2D eigenvalue weighted by Crippen LogP contribution is 2.33. The first kappa shape index (κ1) is 14.7. The number of urea groups is 1. The first-order valence-corrected chi connectivity index (χ1v) is 8.20. The number of anilines is 1. The van der Waals surface area contributed by atoms with Crippen molar-refractivity contribution in [2.75, 3.05) is 5.32 Å². The zero-order valence-electron chi connectivity index (χ0n) is 13.2. The van der Waals surface area contributed by atoms with Crippen molar-refractivity contribution in [3.05, 3.63) is 54.5 Å². The summed E-state index contributed by atoms with van der Waals surface area (Å²) in [6, 6.07) is 11.7. The van der Waals surface area contributed by atoms with Gasteiger partial charge in [-0.3, -0.25) is 10.1 Å². The molecule has 122 valence electrons. The predicted molar refractivity (Wildman–Crippen MR) is 92.9 cm³/mol. The Hall–Kier alpha value is -2.89. The van der Waals surface area contributed by atoms with Crippen LogP contribution in [-0.4, -0.2) is 27.3 Å². The number of pyridine rings is 1.